The third-order valence-electron chi connectivity index (χ3n) is 4.01. The van der Waals surface area contributed by atoms with Crippen LogP contribution in [-0.2, 0) is 16.6 Å². The van der Waals surface area contributed by atoms with Gasteiger partial charge in [-0.1, -0.05) is 0 Å². The maximum absolute atomic E-state index is 12.4. The van der Waals surface area contributed by atoms with Crippen LogP contribution in [0.2, 0.25) is 0 Å². The number of aryl methyl sites for hydroxylation is 1. The Morgan fingerprint density at radius 2 is 2.24 bits per heavy atom. The number of hydrogen-bond acceptors (Lipinski definition) is 5. The summed E-state index contributed by atoms with van der Waals surface area (Å²) < 4.78 is 27.6. The Balaban J connectivity index is 2.01. The van der Waals surface area contributed by atoms with Crippen LogP contribution in [0.5, 0.6) is 0 Å². The molecule has 5 nitrogen and oxygen atoms in total. The van der Waals surface area contributed by atoms with Crippen LogP contribution in [0.3, 0.4) is 0 Å². The molecule has 0 amide bonds. The summed E-state index contributed by atoms with van der Waals surface area (Å²) in [5.74, 6) is 0.360. The second-order valence-electron chi connectivity index (χ2n) is 5.92. The first-order chi connectivity index (χ1) is 9.85. The van der Waals surface area contributed by atoms with Gasteiger partial charge in [0.15, 0.2) is 0 Å². The summed E-state index contributed by atoms with van der Waals surface area (Å²) in [6.45, 7) is 8.29. The molecule has 2 N–H and O–H groups in total. The molecule has 1 aliphatic rings. The third-order valence-corrected chi connectivity index (χ3v) is 6.88. The van der Waals surface area contributed by atoms with Gasteiger partial charge in [0.05, 0.1) is 11.5 Å². The molecule has 0 spiro atoms. The van der Waals surface area contributed by atoms with Gasteiger partial charge in [-0.2, -0.15) is 0 Å². The molecule has 1 aromatic heterocycles. The van der Waals surface area contributed by atoms with Gasteiger partial charge in [0, 0.05) is 19.1 Å². The van der Waals surface area contributed by atoms with Crippen molar-refractivity contribution < 1.29 is 13.5 Å². The number of rotatable bonds is 6. The molecule has 21 heavy (non-hydrogen) atoms. The number of thiophene rings is 1. The van der Waals surface area contributed by atoms with Gasteiger partial charge in [0.1, 0.15) is 4.90 Å². The van der Waals surface area contributed by atoms with Gasteiger partial charge in [-0.25, -0.2) is 13.1 Å². The summed E-state index contributed by atoms with van der Waals surface area (Å²) >= 11 is 1.29. The van der Waals surface area contributed by atoms with Gasteiger partial charge in [-0.3, -0.25) is 0 Å². The van der Waals surface area contributed by atoms with Gasteiger partial charge < -0.3 is 10.0 Å². The predicted octanol–water partition coefficient (Wildman–Crippen LogP) is 1.56. The number of aliphatic hydroxyl groups excluding tert-OH is 1. The van der Waals surface area contributed by atoms with Gasteiger partial charge in [0.2, 0.25) is 10.0 Å². The van der Waals surface area contributed by atoms with Crippen molar-refractivity contribution in [3.05, 3.63) is 15.8 Å². The SMILES string of the molecule is Cc1csc(CO)c1S(=O)(=O)NCC1CCN(C(C)C)C1. The molecule has 2 rings (SSSR count). The maximum atomic E-state index is 12.4. The van der Waals surface area contributed by atoms with Crippen LogP contribution >= 0.6 is 11.3 Å². The van der Waals surface area contributed by atoms with Crippen LogP contribution in [-0.4, -0.2) is 44.1 Å². The Hall–Kier alpha value is -0.470. The molecule has 1 unspecified atom stereocenters. The van der Waals surface area contributed by atoms with Crippen molar-refractivity contribution in [1.82, 2.24) is 9.62 Å². The normalized spacial score (nSPS) is 20.5. The average molecular weight is 332 g/mol. The lowest BCUT2D eigenvalue weighted by molar-refractivity contribution is 0.265. The lowest BCUT2D eigenvalue weighted by Gasteiger charge is -2.20. The zero-order valence-corrected chi connectivity index (χ0v) is 14.4. The zero-order valence-electron chi connectivity index (χ0n) is 12.8. The summed E-state index contributed by atoms with van der Waals surface area (Å²) in [7, 11) is -3.53. The zero-order chi connectivity index (χ0) is 15.6. The van der Waals surface area contributed by atoms with Crippen molar-refractivity contribution in [1.29, 1.82) is 0 Å². The summed E-state index contributed by atoms with van der Waals surface area (Å²) in [6, 6.07) is 0.506. The molecule has 1 aromatic rings. The molecular formula is C14H24N2O3S2. The van der Waals surface area contributed by atoms with Crippen molar-refractivity contribution in [3.63, 3.8) is 0 Å². The first-order valence-corrected chi connectivity index (χ1v) is 9.63. The van der Waals surface area contributed by atoms with Crippen molar-refractivity contribution in [2.24, 2.45) is 5.92 Å². The Labute approximate surface area is 131 Å². The van der Waals surface area contributed by atoms with Gasteiger partial charge >= 0.3 is 0 Å². The number of nitrogens with one attached hydrogen (secondary N) is 1. The number of nitrogens with zero attached hydrogens (tertiary/aromatic N) is 1. The van der Waals surface area contributed by atoms with Crippen molar-refractivity contribution >= 4 is 21.4 Å². The Morgan fingerprint density at radius 3 is 2.81 bits per heavy atom. The largest absolute Gasteiger partial charge is 0.391 e. The molecule has 7 heteroatoms. The number of aliphatic hydroxyl groups is 1. The molecule has 120 valence electrons. The van der Waals surface area contributed by atoms with E-state index >= 15 is 0 Å². The van der Waals surface area contributed by atoms with Crippen molar-refractivity contribution in [2.75, 3.05) is 19.6 Å². The molecule has 1 fully saturated rings. The molecular weight excluding hydrogens is 308 g/mol. The van der Waals surface area contributed by atoms with E-state index < -0.39 is 10.0 Å². The van der Waals surface area contributed by atoms with Crippen LogP contribution < -0.4 is 4.72 Å². The van der Waals surface area contributed by atoms with Gasteiger partial charge in [-0.15, -0.1) is 11.3 Å². The van der Waals surface area contributed by atoms with Gasteiger partial charge in [-0.05, 0) is 50.6 Å². The first-order valence-electron chi connectivity index (χ1n) is 7.26. The fourth-order valence-electron chi connectivity index (χ4n) is 2.76. The lowest BCUT2D eigenvalue weighted by atomic mass is 10.1. The molecule has 0 saturated carbocycles. The molecule has 0 aliphatic carbocycles. The Morgan fingerprint density at radius 1 is 1.52 bits per heavy atom. The highest BCUT2D eigenvalue weighted by Crippen LogP contribution is 2.27. The molecule has 1 aliphatic heterocycles. The highest BCUT2D eigenvalue weighted by molar-refractivity contribution is 7.89. The molecule has 0 aromatic carbocycles. The quantitative estimate of drug-likeness (QED) is 0.829. The molecule has 0 radical (unpaired) electrons. The predicted molar refractivity (Wildman–Crippen MR) is 85.0 cm³/mol. The minimum atomic E-state index is -3.53. The number of likely N-dealkylation sites (tertiary alicyclic amines) is 1. The van der Waals surface area contributed by atoms with E-state index in [1.54, 1.807) is 12.3 Å². The molecule has 1 saturated heterocycles. The van der Waals surface area contributed by atoms with E-state index in [9.17, 15) is 13.5 Å². The fraction of sp³-hybridized carbons (Fsp3) is 0.714. The second-order valence-corrected chi connectivity index (χ2v) is 8.59. The second kappa shape index (κ2) is 6.75. The van der Waals surface area contributed by atoms with Gasteiger partial charge in [0.25, 0.3) is 0 Å². The Bertz CT molecular complexity index is 581. The van der Waals surface area contributed by atoms with Crippen LogP contribution in [0.1, 0.15) is 30.7 Å². The van der Waals surface area contributed by atoms with E-state index in [1.807, 2.05) is 0 Å². The smallest absolute Gasteiger partial charge is 0.242 e. The lowest BCUT2D eigenvalue weighted by Crippen LogP contribution is -2.33. The molecule has 2 heterocycles. The Kier molecular flexibility index (Phi) is 5.43. The van der Waals surface area contributed by atoms with E-state index in [2.05, 4.69) is 23.5 Å². The van der Waals surface area contributed by atoms with Crippen molar-refractivity contribution in [2.45, 2.75) is 44.7 Å². The van der Waals surface area contributed by atoms with E-state index in [4.69, 9.17) is 0 Å². The van der Waals surface area contributed by atoms with E-state index in [1.165, 1.54) is 11.3 Å². The number of hydrogen-bond donors (Lipinski definition) is 2. The maximum Gasteiger partial charge on any atom is 0.242 e. The van der Waals surface area contributed by atoms with E-state index in [-0.39, 0.29) is 11.5 Å². The fourth-order valence-corrected chi connectivity index (χ4v) is 5.53. The summed E-state index contributed by atoms with van der Waals surface area (Å²) in [6.07, 6.45) is 1.02. The summed E-state index contributed by atoms with van der Waals surface area (Å²) in [5, 5.41) is 11.1. The van der Waals surface area contributed by atoms with Crippen LogP contribution in [0.4, 0.5) is 0 Å². The monoisotopic (exact) mass is 332 g/mol. The van der Waals surface area contributed by atoms with Crippen LogP contribution in [0.15, 0.2) is 10.3 Å². The van der Waals surface area contributed by atoms with E-state index in [0.717, 1.165) is 19.5 Å². The summed E-state index contributed by atoms with van der Waals surface area (Å²) in [5.41, 5.74) is 0.701. The third kappa shape index (κ3) is 3.84. The topological polar surface area (TPSA) is 69.6 Å². The molecule has 0 bridgehead atoms. The standard InChI is InChI=1S/C14H24N2O3S2/c1-10(2)16-5-4-12(7-16)6-15-21(18,19)14-11(3)9-20-13(14)8-17/h9-10,12,15,17H,4-8H2,1-3H3. The van der Waals surface area contributed by atoms with Crippen molar-refractivity contribution in [3.8, 4) is 0 Å². The minimum Gasteiger partial charge on any atom is -0.391 e. The average Bonchev–Trinajstić information content (AvgIpc) is 3.03. The minimum absolute atomic E-state index is 0.237. The van der Waals surface area contributed by atoms with Crippen LogP contribution in [0.25, 0.3) is 0 Å². The summed E-state index contributed by atoms with van der Waals surface area (Å²) in [4.78, 5) is 3.14. The van der Waals surface area contributed by atoms with Crippen LogP contribution in [0, 0.1) is 12.8 Å². The molecule has 1 atom stereocenters. The number of sulfonamides is 1. The highest BCUT2D eigenvalue weighted by atomic mass is 32.2. The highest BCUT2D eigenvalue weighted by Gasteiger charge is 2.27. The first kappa shape index (κ1) is 16.9. The van der Waals surface area contributed by atoms with E-state index in [0.29, 0.717) is 28.9 Å².